The number of nitrogens with zero attached hydrogens (tertiary/aromatic N) is 6. The molecule has 2 aromatic heterocycles. The number of H-pyrrole nitrogens is 1. The van der Waals surface area contributed by atoms with Gasteiger partial charge in [0, 0.05) is 43.2 Å². The number of hydrogen-bond donors (Lipinski definition) is 1. The Balaban J connectivity index is 1.40. The summed E-state index contributed by atoms with van der Waals surface area (Å²) in [6.45, 7) is 6.73. The van der Waals surface area contributed by atoms with Gasteiger partial charge in [-0.2, -0.15) is 15.1 Å². The first-order chi connectivity index (χ1) is 13.1. The van der Waals surface area contributed by atoms with Gasteiger partial charge in [-0.1, -0.05) is 31.1 Å². The van der Waals surface area contributed by atoms with Crippen LogP contribution in [0.2, 0.25) is 0 Å². The molecule has 1 aliphatic rings. The van der Waals surface area contributed by atoms with Gasteiger partial charge in [0.25, 0.3) is 5.91 Å². The molecule has 0 aliphatic carbocycles. The van der Waals surface area contributed by atoms with Crippen LogP contribution in [0.1, 0.15) is 36.0 Å². The normalized spacial score (nSPS) is 14.8. The smallest absolute Gasteiger partial charge is 0.253 e. The van der Waals surface area contributed by atoms with Crippen molar-refractivity contribution < 1.29 is 9.32 Å². The number of carbonyl (C=O) groups is 1. The fourth-order valence-corrected chi connectivity index (χ4v) is 3.00. The molecule has 27 heavy (non-hydrogen) atoms. The first-order valence-electron chi connectivity index (χ1n) is 8.95. The first kappa shape index (κ1) is 17.2. The predicted octanol–water partition coefficient (Wildman–Crippen LogP) is 1.94. The molecule has 1 aromatic carbocycles. The van der Waals surface area contributed by atoms with Crippen molar-refractivity contribution in [3.05, 3.63) is 42.0 Å². The van der Waals surface area contributed by atoms with E-state index in [1.54, 1.807) is 0 Å². The lowest BCUT2D eigenvalue weighted by Gasteiger charge is -2.34. The van der Waals surface area contributed by atoms with Crippen LogP contribution in [-0.2, 0) is 0 Å². The minimum absolute atomic E-state index is 0.0229. The molecule has 0 atom stereocenters. The fraction of sp³-hybridized carbons (Fsp3) is 0.389. The molecule has 9 nitrogen and oxygen atoms in total. The Morgan fingerprint density at radius 1 is 1.15 bits per heavy atom. The van der Waals surface area contributed by atoms with E-state index in [0.717, 1.165) is 24.6 Å². The van der Waals surface area contributed by atoms with Gasteiger partial charge in [-0.15, -0.1) is 0 Å². The molecule has 0 spiro atoms. The van der Waals surface area contributed by atoms with Crippen LogP contribution >= 0.6 is 0 Å². The molecular formula is C18H21N7O2. The molecule has 1 saturated heterocycles. The van der Waals surface area contributed by atoms with Gasteiger partial charge in [0.2, 0.25) is 17.7 Å². The highest BCUT2D eigenvalue weighted by Crippen LogP contribution is 2.20. The monoisotopic (exact) mass is 367 g/mol. The molecule has 0 radical (unpaired) electrons. The summed E-state index contributed by atoms with van der Waals surface area (Å²) >= 11 is 0. The summed E-state index contributed by atoms with van der Waals surface area (Å²) in [6, 6.07) is 7.33. The average Bonchev–Trinajstić information content (AvgIpc) is 3.40. The van der Waals surface area contributed by atoms with Crippen molar-refractivity contribution in [3.63, 3.8) is 0 Å². The number of hydrogen-bond acceptors (Lipinski definition) is 7. The number of aromatic amines is 1. The number of piperazine rings is 1. The molecule has 140 valence electrons. The van der Waals surface area contributed by atoms with Crippen LogP contribution in [0.25, 0.3) is 11.4 Å². The van der Waals surface area contributed by atoms with Gasteiger partial charge in [0.15, 0.2) is 0 Å². The van der Waals surface area contributed by atoms with Crippen molar-refractivity contribution in [2.24, 2.45) is 0 Å². The van der Waals surface area contributed by atoms with Crippen molar-refractivity contribution in [2.75, 3.05) is 31.1 Å². The molecule has 0 unspecified atom stereocenters. The van der Waals surface area contributed by atoms with Gasteiger partial charge in [0.1, 0.15) is 6.33 Å². The third-order valence-corrected chi connectivity index (χ3v) is 4.59. The molecular weight excluding hydrogens is 346 g/mol. The van der Waals surface area contributed by atoms with E-state index in [2.05, 4.69) is 30.2 Å². The number of nitrogens with one attached hydrogen (secondary N) is 1. The highest BCUT2D eigenvalue weighted by Gasteiger charge is 2.23. The average molecular weight is 367 g/mol. The number of carbonyl (C=O) groups excluding carboxylic acids is 1. The van der Waals surface area contributed by atoms with E-state index in [0.29, 0.717) is 30.4 Å². The number of rotatable bonds is 4. The minimum atomic E-state index is 0.0229. The van der Waals surface area contributed by atoms with Gasteiger partial charge in [-0.3, -0.25) is 4.79 Å². The van der Waals surface area contributed by atoms with E-state index in [4.69, 9.17) is 4.52 Å². The van der Waals surface area contributed by atoms with E-state index in [1.807, 2.05) is 43.0 Å². The topological polar surface area (TPSA) is 104 Å². The summed E-state index contributed by atoms with van der Waals surface area (Å²) in [4.78, 5) is 25.2. The Kier molecular flexibility index (Phi) is 4.57. The van der Waals surface area contributed by atoms with Gasteiger partial charge in [-0.05, 0) is 12.1 Å². The van der Waals surface area contributed by atoms with Crippen LogP contribution in [0.4, 0.5) is 5.95 Å². The molecule has 4 rings (SSSR count). The second-order valence-electron chi connectivity index (χ2n) is 6.78. The third kappa shape index (κ3) is 3.53. The van der Waals surface area contributed by atoms with E-state index < -0.39 is 0 Å². The van der Waals surface area contributed by atoms with Crippen LogP contribution in [0, 0.1) is 0 Å². The molecule has 1 N–H and O–H groups in total. The number of anilines is 1. The maximum absolute atomic E-state index is 12.8. The van der Waals surface area contributed by atoms with E-state index in [1.165, 1.54) is 6.33 Å². The predicted molar refractivity (Wildman–Crippen MR) is 98.3 cm³/mol. The number of aromatic nitrogens is 5. The van der Waals surface area contributed by atoms with Crippen molar-refractivity contribution >= 4 is 11.9 Å². The van der Waals surface area contributed by atoms with Crippen molar-refractivity contribution in [1.29, 1.82) is 0 Å². The summed E-state index contributed by atoms with van der Waals surface area (Å²) in [6.07, 6.45) is 1.49. The standard InChI is InChI=1S/C18H21N7O2/c1-12(2)16-21-15(23-27-16)13-3-5-14(6-4-13)17(26)24-7-9-25(10-8-24)18-19-11-20-22-18/h3-6,11-12H,7-10H2,1-2H3,(H,19,20,22). The van der Waals surface area contributed by atoms with Crippen LogP contribution in [0.5, 0.6) is 0 Å². The number of benzene rings is 1. The van der Waals surface area contributed by atoms with Crippen molar-refractivity contribution in [1.82, 2.24) is 30.2 Å². The van der Waals surface area contributed by atoms with E-state index >= 15 is 0 Å². The third-order valence-electron chi connectivity index (χ3n) is 4.59. The first-order valence-corrected chi connectivity index (χ1v) is 8.95. The molecule has 3 aromatic rings. The molecule has 1 aliphatic heterocycles. The summed E-state index contributed by atoms with van der Waals surface area (Å²) in [5, 5.41) is 10.7. The molecule has 3 heterocycles. The zero-order valence-electron chi connectivity index (χ0n) is 15.3. The SMILES string of the molecule is CC(C)c1nc(-c2ccc(C(=O)N3CCN(c4ncn[nH]4)CC3)cc2)no1. The summed E-state index contributed by atoms with van der Waals surface area (Å²) < 4.78 is 5.24. The van der Waals surface area contributed by atoms with Crippen LogP contribution < -0.4 is 4.90 Å². The lowest BCUT2D eigenvalue weighted by atomic mass is 10.1. The number of amides is 1. The lowest BCUT2D eigenvalue weighted by molar-refractivity contribution is 0.0746. The summed E-state index contributed by atoms with van der Waals surface area (Å²) in [5.41, 5.74) is 1.48. The zero-order chi connectivity index (χ0) is 18.8. The van der Waals surface area contributed by atoms with E-state index in [9.17, 15) is 4.79 Å². The Hall–Kier alpha value is -3.23. The second kappa shape index (κ2) is 7.18. The van der Waals surface area contributed by atoms with Crippen molar-refractivity contribution in [3.8, 4) is 11.4 Å². The molecule has 0 bridgehead atoms. The largest absolute Gasteiger partial charge is 0.339 e. The Labute approximate surface area is 156 Å². The maximum Gasteiger partial charge on any atom is 0.253 e. The van der Waals surface area contributed by atoms with E-state index in [-0.39, 0.29) is 11.8 Å². The molecule has 9 heteroatoms. The van der Waals surface area contributed by atoms with Crippen LogP contribution in [0.3, 0.4) is 0 Å². The fourth-order valence-electron chi connectivity index (χ4n) is 3.00. The van der Waals surface area contributed by atoms with Crippen LogP contribution in [0.15, 0.2) is 35.1 Å². The minimum Gasteiger partial charge on any atom is -0.339 e. The Morgan fingerprint density at radius 3 is 2.48 bits per heavy atom. The summed E-state index contributed by atoms with van der Waals surface area (Å²) in [5.74, 6) is 2.10. The van der Waals surface area contributed by atoms with Gasteiger partial charge < -0.3 is 14.3 Å². The second-order valence-corrected chi connectivity index (χ2v) is 6.78. The Bertz CT molecular complexity index is 894. The lowest BCUT2D eigenvalue weighted by Crippen LogP contribution is -2.49. The molecule has 1 amide bonds. The molecule has 0 saturated carbocycles. The quantitative estimate of drug-likeness (QED) is 0.751. The summed E-state index contributed by atoms with van der Waals surface area (Å²) in [7, 11) is 0. The highest BCUT2D eigenvalue weighted by atomic mass is 16.5. The van der Waals surface area contributed by atoms with Crippen molar-refractivity contribution in [2.45, 2.75) is 19.8 Å². The Morgan fingerprint density at radius 2 is 1.89 bits per heavy atom. The van der Waals surface area contributed by atoms with Gasteiger partial charge in [0.05, 0.1) is 0 Å². The highest BCUT2D eigenvalue weighted by molar-refractivity contribution is 5.94. The molecule has 1 fully saturated rings. The van der Waals surface area contributed by atoms with Gasteiger partial charge in [-0.25, -0.2) is 5.10 Å². The van der Waals surface area contributed by atoms with Crippen LogP contribution in [-0.4, -0.2) is 62.3 Å². The zero-order valence-corrected chi connectivity index (χ0v) is 15.3. The van der Waals surface area contributed by atoms with Gasteiger partial charge >= 0.3 is 0 Å². The maximum atomic E-state index is 12.8.